The minimum atomic E-state index is 0.405. The van der Waals surface area contributed by atoms with E-state index < -0.39 is 0 Å². The maximum Gasteiger partial charge on any atom is 0.125 e. The Balaban J connectivity index is 2.10. The molecule has 98 valence electrons. The van der Waals surface area contributed by atoms with Gasteiger partial charge in [-0.3, -0.25) is 0 Å². The number of halogens is 1. The zero-order valence-corrected chi connectivity index (χ0v) is 12.0. The molecule has 3 rings (SSSR count). The zero-order valence-electron chi connectivity index (χ0n) is 10.5. The normalized spacial score (nSPS) is 11.1. The van der Waals surface area contributed by atoms with E-state index >= 15 is 0 Å². The lowest BCUT2D eigenvalue weighted by Gasteiger charge is -2.06. The molecule has 0 bridgehead atoms. The van der Waals surface area contributed by atoms with Crippen LogP contribution in [0.4, 0.5) is 0 Å². The number of ether oxygens (including phenoxy) is 1. The van der Waals surface area contributed by atoms with E-state index in [1.54, 1.807) is 18.4 Å². The third-order valence-corrected chi connectivity index (χ3v) is 4.15. The van der Waals surface area contributed by atoms with Gasteiger partial charge in [0.05, 0.1) is 30.6 Å². The molecule has 0 unspecified atom stereocenters. The first-order chi connectivity index (χ1) is 9.31. The largest absolute Gasteiger partial charge is 0.497 e. The molecule has 0 saturated heterocycles. The monoisotopic (exact) mass is 292 g/mol. The van der Waals surface area contributed by atoms with Crippen molar-refractivity contribution < 1.29 is 4.74 Å². The van der Waals surface area contributed by atoms with Crippen molar-refractivity contribution in [3.63, 3.8) is 0 Å². The van der Waals surface area contributed by atoms with Crippen molar-refractivity contribution in [1.29, 1.82) is 0 Å². The van der Waals surface area contributed by atoms with E-state index in [0.717, 1.165) is 29.2 Å². The lowest BCUT2D eigenvalue weighted by Crippen LogP contribution is -2.02. The molecule has 0 amide bonds. The topological polar surface area (TPSA) is 27.1 Å². The van der Waals surface area contributed by atoms with Crippen LogP contribution in [0.15, 0.2) is 35.7 Å². The van der Waals surface area contributed by atoms with Gasteiger partial charge in [0.1, 0.15) is 11.6 Å². The fourth-order valence-corrected chi connectivity index (χ4v) is 3.02. The van der Waals surface area contributed by atoms with E-state index in [1.165, 1.54) is 4.88 Å². The Kier molecular flexibility index (Phi) is 3.44. The molecule has 0 N–H and O–H groups in total. The summed E-state index contributed by atoms with van der Waals surface area (Å²) < 4.78 is 7.39. The second-order valence-corrected chi connectivity index (χ2v) is 5.48. The number of thiophene rings is 1. The van der Waals surface area contributed by atoms with Gasteiger partial charge >= 0.3 is 0 Å². The van der Waals surface area contributed by atoms with Gasteiger partial charge in [-0.25, -0.2) is 4.98 Å². The fraction of sp³-hybridized carbons (Fsp3) is 0.214. The Morgan fingerprint density at radius 2 is 2.26 bits per heavy atom. The third-order valence-electron chi connectivity index (χ3n) is 3.05. The molecule has 0 fully saturated rings. The lowest BCUT2D eigenvalue weighted by molar-refractivity contribution is 0.415. The Labute approximate surface area is 120 Å². The molecule has 2 aromatic heterocycles. The number of hydrogen-bond donors (Lipinski definition) is 0. The first-order valence-electron chi connectivity index (χ1n) is 5.93. The van der Waals surface area contributed by atoms with Crippen molar-refractivity contribution in [1.82, 2.24) is 9.55 Å². The summed E-state index contributed by atoms with van der Waals surface area (Å²) in [5.74, 6) is 2.11. The van der Waals surface area contributed by atoms with Gasteiger partial charge in [-0.1, -0.05) is 6.07 Å². The number of hydrogen-bond acceptors (Lipinski definition) is 3. The van der Waals surface area contributed by atoms with Crippen LogP contribution in [0.1, 0.15) is 10.7 Å². The SMILES string of the molecule is COc1ccc2c(c1)nc(CCl)n2Cc1cccs1. The minimum Gasteiger partial charge on any atom is -0.497 e. The Hall–Kier alpha value is -1.52. The van der Waals surface area contributed by atoms with Crippen LogP contribution in [0.3, 0.4) is 0 Å². The molecular weight excluding hydrogens is 280 g/mol. The van der Waals surface area contributed by atoms with E-state index in [0.29, 0.717) is 5.88 Å². The molecule has 0 radical (unpaired) electrons. The Bertz CT molecular complexity index is 691. The van der Waals surface area contributed by atoms with Gasteiger partial charge in [0.25, 0.3) is 0 Å². The summed E-state index contributed by atoms with van der Waals surface area (Å²) in [7, 11) is 1.66. The van der Waals surface area contributed by atoms with Crippen LogP contribution in [-0.4, -0.2) is 16.7 Å². The van der Waals surface area contributed by atoms with E-state index in [1.807, 2.05) is 18.2 Å². The quantitative estimate of drug-likeness (QED) is 0.682. The molecule has 0 spiro atoms. The predicted octanol–water partition coefficient (Wildman–Crippen LogP) is 3.89. The summed E-state index contributed by atoms with van der Waals surface area (Å²) in [5.41, 5.74) is 2.01. The standard InChI is InChI=1S/C14H13ClN2OS/c1-18-10-4-5-13-12(7-10)16-14(8-15)17(13)9-11-3-2-6-19-11/h2-7H,8-9H2,1H3. The van der Waals surface area contributed by atoms with Gasteiger partial charge in [-0.15, -0.1) is 22.9 Å². The highest BCUT2D eigenvalue weighted by atomic mass is 35.5. The summed E-state index contributed by atoms with van der Waals surface area (Å²) in [4.78, 5) is 5.87. The van der Waals surface area contributed by atoms with E-state index in [2.05, 4.69) is 27.1 Å². The van der Waals surface area contributed by atoms with Crippen LogP contribution < -0.4 is 4.74 Å². The molecule has 0 atom stereocenters. The highest BCUT2D eigenvalue weighted by Crippen LogP contribution is 2.24. The second kappa shape index (κ2) is 5.23. The maximum absolute atomic E-state index is 6.01. The molecule has 3 nitrogen and oxygen atoms in total. The molecule has 0 saturated carbocycles. The van der Waals surface area contributed by atoms with Gasteiger partial charge < -0.3 is 9.30 Å². The third kappa shape index (κ3) is 2.33. The highest BCUT2D eigenvalue weighted by Gasteiger charge is 2.11. The number of nitrogens with zero attached hydrogens (tertiary/aromatic N) is 2. The van der Waals surface area contributed by atoms with Crippen LogP contribution in [0.5, 0.6) is 5.75 Å². The van der Waals surface area contributed by atoms with Gasteiger partial charge in [0, 0.05) is 10.9 Å². The second-order valence-electron chi connectivity index (χ2n) is 4.18. The molecule has 1 aromatic carbocycles. The van der Waals surface area contributed by atoms with Crippen molar-refractivity contribution in [3.05, 3.63) is 46.4 Å². The lowest BCUT2D eigenvalue weighted by atomic mass is 10.3. The number of aromatic nitrogens is 2. The molecular formula is C14H13ClN2OS. The number of alkyl halides is 1. The van der Waals surface area contributed by atoms with E-state index in [9.17, 15) is 0 Å². The number of fused-ring (bicyclic) bond motifs is 1. The fourth-order valence-electron chi connectivity index (χ4n) is 2.12. The van der Waals surface area contributed by atoms with Crippen molar-refractivity contribution in [2.24, 2.45) is 0 Å². The molecule has 19 heavy (non-hydrogen) atoms. The highest BCUT2D eigenvalue weighted by molar-refractivity contribution is 7.09. The summed E-state index contributed by atoms with van der Waals surface area (Å²) >= 11 is 7.75. The van der Waals surface area contributed by atoms with E-state index in [4.69, 9.17) is 16.3 Å². The van der Waals surface area contributed by atoms with Crippen molar-refractivity contribution in [2.45, 2.75) is 12.4 Å². The number of imidazole rings is 1. The van der Waals surface area contributed by atoms with Gasteiger partial charge in [0.2, 0.25) is 0 Å². The van der Waals surface area contributed by atoms with Crippen molar-refractivity contribution in [2.75, 3.05) is 7.11 Å². The van der Waals surface area contributed by atoms with Gasteiger partial charge in [-0.2, -0.15) is 0 Å². The van der Waals surface area contributed by atoms with Crippen molar-refractivity contribution >= 4 is 34.0 Å². The Morgan fingerprint density at radius 1 is 1.37 bits per heavy atom. The average Bonchev–Trinajstić information content (AvgIpc) is 3.06. The van der Waals surface area contributed by atoms with Crippen molar-refractivity contribution in [3.8, 4) is 5.75 Å². The molecule has 3 aromatic rings. The van der Waals surface area contributed by atoms with Crippen LogP contribution in [0.2, 0.25) is 0 Å². The average molecular weight is 293 g/mol. The summed E-state index contributed by atoms with van der Waals surface area (Å²) in [5, 5.41) is 2.08. The number of rotatable bonds is 4. The number of methoxy groups -OCH3 is 1. The van der Waals surface area contributed by atoms with Crippen LogP contribution in [0, 0.1) is 0 Å². The molecule has 5 heteroatoms. The maximum atomic E-state index is 6.01. The molecule has 2 heterocycles. The Morgan fingerprint density at radius 3 is 2.95 bits per heavy atom. The first-order valence-corrected chi connectivity index (χ1v) is 7.34. The smallest absolute Gasteiger partial charge is 0.125 e. The molecule has 0 aliphatic heterocycles. The van der Waals surface area contributed by atoms with Gasteiger partial charge in [0.15, 0.2) is 0 Å². The van der Waals surface area contributed by atoms with E-state index in [-0.39, 0.29) is 0 Å². The molecule has 0 aliphatic carbocycles. The summed E-state index contributed by atoms with van der Waals surface area (Å²) in [6.45, 7) is 0.808. The summed E-state index contributed by atoms with van der Waals surface area (Å²) in [6.07, 6.45) is 0. The predicted molar refractivity (Wildman–Crippen MR) is 79.3 cm³/mol. The molecule has 0 aliphatic rings. The van der Waals surface area contributed by atoms with Crippen LogP contribution >= 0.6 is 22.9 Å². The summed E-state index contributed by atoms with van der Waals surface area (Å²) in [6, 6.07) is 10.1. The number of benzene rings is 1. The minimum absolute atomic E-state index is 0.405. The van der Waals surface area contributed by atoms with Crippen LogP contribution in [0.25, 0.3) is 11.0 Å². The van der Waals surface area contributed by atoms with Crippen LogP contribution in [-0.2, 0) is 12.4 Å². The first kappa shape index (κ1) is 12.5. The van der Waals surface area contributed by atoms with Gasteiger partial charge in [-0.05, 0) is 23.6 Å². The zero-order chi connectivity index (χ0) is 13.2.